The number of aromatic carboxylic acids is 1. The molecule has 0 aliphatic heterocycles. The van der Waals surface area contributed by atoms with Crippen molar-refractivity contribution < 1.29 is 19.4 Å². The molecule has 0 saturated heterocycles. The predicted octanol–water partition coefficient (Wildman–Crippen LogP) is 1.26. The second-order valence-corrected chi connectivity index (χ2v) is 4.37. The van der Waals surface area contributed by atoms with Crippen molar-refractivity contribution >= 4 is 17.6 Å². The van der Waals surface area contributed by atoms with Crippen LogP contribution in [0, 0.1) is 0 Å². The van der Waals surface area contributed by atoms with Crippen molar-refractivity contribution in [2.24, 2.45) is 0 Å². The summed E-state index contributed by atoms with van der Waals surface area (Å²) in [5.41, 5.74) is 5.69. The number of benzene rings is 1. The number of nitrogens with one attached hydrogen (secondary N) is 1. The van der Waals surface area contributed by atoms with Gasteiger partial charge in [-0.05, 0) is 32.0 Å². The maximum atomic E-state index is 11.4. The van der Waals surface area contributed by atoms with E-state index < -0.39 is 5.97 Å². The third-order valence-corrected chi connectivity index (χ3v) is 2.30. The van der Waals surface area contributed by atoms with Gasteiger partial charge in [-0.15, -0.1) is 0 Å². The molecule has 0 fully saturated rings. The number of amides is 1. The molecule has 4 N–H and O–H groups in total. The van der Waals surface area contributed by atoms with Gasteiger partial charge < -0.3 is 20.9 Å². The monoisotopic (exact) mass is 266 g/mol. The van der Waals surface area contributed by atoms with E-state index in [9.17, 15) is 9.59 Å². The number of hydrogen-bond donors (Lipinski definition) is 3. The lowest BCUT2D eigenvalue weighted by Gasteiger charge is -2.10. The van der Waals surface area contributed by atoms with Crippen molar-refractivity contribution in [3.05, 3.63) is 23.8 Å². The number of carboxylic acid groups (broad SMARTS) is 1. The van der Waals surface area contributed by atoms with Crippen LogP contribution in [0.15, 0.2) is 18.2 Å². The quantitative estimate of drug-likeness (QED) is 0.673. The Kier molecular flexibility index (Phi) is 5.17. The molecule has 6 heteroatoms. The van der Waals surface area contributed by atoms with Gasteiger partial charge in [-0.3, -0.25) is 4.79 Å². The average molecular weight is 266 g/mol. The molecular formula is C13H18N2O4. The molecule has 1 aromatic carbocycles. The molecule has 0 aliphatic rings. The Balaban J connectivity index is 2.52. The summed E-state index contributed by atoms with van der Waals surface area (Å²) in [6.45, 7) is 3.93. The fourth-order valence-corrected chi connectivity index (χ4v) is 1.47. The molecule has 1 amide bonds. The molecule has 6 nitrogen and oxygen atoms in total. The van der Waals surface area contributed by atoms with Crippen molar-refractivity contribution in [2.45, 2.75) is 26.3 Å². The van der Waals surface area contributed by atoms with E-state index in [0.29, 0.717) is 5.75 Å². The van der Waals surface area contributed by atoms with Crippen molar-refractivity contribution in [1.82, 2.24) is 5.32 Å². The first-order chi connectivity index (χ1) is 8.90. The molecule has 0 atom stereocenters. The van der Waals surface area contributed by atoms with Crippen molar-refractivity contribution in [1.29, 1.82) is 0 Å². The van der Waals surface area contributed by atoms with E-state index in [1.54, 1.807) is 6.07 Å². The first kappa shape index (κ1) is 14.8. The number of carbonyl (C=O) groups excluding carboxylic acids is 1. The summed E-state index contributed by atoms with van der Waals surface area (Å²) in [6, 6.07) is 4.47. The van der Waals surface area contributed by atoms with Gasteiger partial charge in [-0.1, -0.05) is 0 Å². The standard InChI is InChI=1S/C13H18N2O4/c1-8(2)15-12(16)5-6-19-9-3-4-11(14)10(7-9)13(17)18/h3-4,7-8H,5-6,14H2,1-2H3,(H,15,16)(H,17,18). The summed E-state index contributed by atoms with van der Waals surface area (Å²) < 4.78 is 5.32. The lowest BCUT2D eigenvalue weighted by atomic mass is 10.2. The molecule has 1 rings (SSSR count). The van der Waals surface area contributed by atoms with Crippen molar-refractivity contribution in [2.75, 3.05) is 12.3 Å². The van der Waals surface area contributed by atoms with Gasteiger partial charge in [0.1, 0.15) is 5.75 Å². The first-order valence-corrected chi connectivity index (χ1v) is 5.95. The highest BCUT2D eigenvalue weighted by Crippen LogP contribution is 2.19. The number of rotatable bonds is 6. The molecule has 104 valence electrons. The van der Waals surface area contributed by atoms with Crippen LogP contribution in [-0.2, 0) is 4.79 Å². The van der Waals surface area contributed by atoms with Crippen LogP contribution in [0.25, 0.3) is 0 Å². The number of nitrogen functional groups attached to an aromatic ring is 1. The maximum Gasteiger partial charge on any atom is 0.337 e. The Bertz CT molecular complexity index is 472. The SMILES string of the molecule is CC(C)NC(=O)CCOc1ccc(N)c(C(=O)O)c1. The van der Waals surface area contributed by atoms with Crippen LogP contribution < -0.4 is 15.8 Å². The fraction of sp³-hybridized carbons (Fsp3) is 0.385. The second kappa shape index (κ2) is 6.63. The third kappa shape index (κ3) is 4.87. The van der Waals surface area contributed by atoms with Gasteiger partial charge in [0.05, 0.1) is 18.6 Å². The van der Waals surface area contributed by atoms with Gasteiger partial charge in [0, 0.05) is 11.7 Å². The molecule has 0 bridgehead atoms. The van der Waals surface area contributed by atoms with E-state index in [0.717, 1.165) is 0 Å². The van der Waals surface area contributed by atoms with Gasteiger partial charge in [0.25, 0.3) is 0 Å². The smallest absolute Gasteiger partial charge is 0.337 e. The van der Waals surface area contributed by atoms with E-state index in [-0.39, 0.29) is 36.2 Å². The largest absolute Gasteiger partial charge is 0.493 e. The molecular weight excluding hydrogens is 248 g/mol. The average Bonchev–Trinajstić information content (AvgIpc) is 2.30. The molecule has 0 heterocycles. The number of anilines is 1. The summed E-state index contributed by atoms with van der Waals surface area (Å²) >= 11 is 0. The number of hydrogen-bond acceptors (Lipinski definition) is 4. The van der Waals surface area contributed by atoms with Crippen LogP contribution in [0.2, 0.25) is 0 Å². The molecule has 0 unspecified atom stereocenters. The summed E-state index contributed by atoms with van der Waals surface area (Å²) in [5, 5.41) is 11.6. The molecule has 0 spiro atoms. The summed E-state index contributed by atoms with van der Waals surface area (Å²) in [4.78, 5) is 22.2. The Morgan fingerprint density at radius 3 is 2.68 bits per heavy atom. The van der Waals surface area contributed by atoms with Crippen LogP contribution in [0.3, 0.4) is 0 Å². The number of carboxylic acids is 1. The topological polar surface area (TPSA) is 102 Å². The highest BCUT2D eigenvalue weighted by Gasteiger charge is 2.09. The third-order valence-electron chi connectivity index (χ3n) is 2.30. The van der Waals surface area contributed by atoms with Crippen LogP contribution in [0.1, 0.15) is 30.6 Å². The minimum absolute atomic E-state index is 0.0101. The lowest BCUT2D eigenvalue weighted by Crippen LogP contribution is -2.31. The first-order valence-electron chi connectivity index (χ1n) is 5.95. The van der Waals surface area contributed by atoms with E-state index >= 15 is 0 Å². The van der Waals surface area contributed by atoms with Crippen LogP contribution in [0.5, 0.6) is 5.75 Å². The molecule has 19 heavy (non-hydrogen) atoms. The predicted molar refractivity (Wildman–Crippen MR) is 71.2 cm³/mol. The Morgan fingerprint density at radius 1 is 1.42 bits per heavy atom. The van der Waals surface area contributed by atoms with Gasteiger partial charge in [0.2, 0.25) is 5.91 Å². The van der Waals surface area contributed by atoms with Crippen LogP contribution in [0.4, 0.5) is 5.69 Å². The van der Waals surface area contributed by atoms with Crippen molar-refractivity contribution in [3.63, 3.8) is 0 Å². The summed E-state index contributed by atoms with van der Waals surface area (Å²) in [5.74, 6) is -0.839. The lowest BCUT2D eigenvalue weighted by molar-refractivity contribution is -0.122. The minimum atomic E-state index is -1.11. The van der Waals surface area contributed by atoms with Crippen LogP contribution >= 0.6 is 0 Å². The second-order valence-electron chi connectivity index (χ2n) is 4.37. The number of nitrogens with two attached hydrogens (primary N) is 1. The number of carbonyl (C=O) groups is 2. The zero-order chi connectivity index (χ0) is 14.4. The summed E-state index contributed by atoms with van der Waals surface area (Å²) in [6.07, 6.45) is 0.213. The number of ether oxygens (including phenoxy) is 1. The van der Waals surface area contributed by atoms with E-state index in [2.05, 4.69) is 5.32 Å². The normalized spacial score (nSPS) is 10.3. The molecule has 0 aliphatic carbocycles. The Hall–Kier alpha value is -2.24. The Labute approximate surface area is 111 Å². The fourth-order valence-electron chi connectivity index (χ4n) is 1.47. The van der Waals surface area contributed by atoms with Gasteiger partial charge in [-0.2, -0.15) is 0 Å². The highest BCUT2D eigenvalue weighted by atomic mass is 16.5. The van der Waals surface area contributed by atoms with E-state index in [1.165, 1.54) is 12.1 Å². The molecule has 0 aromatic heterocycles. The van der Waals surface area contributed by atoms with Gasteiger partial charge in [-0.25, -0.2) is 4.79 Å². The zero-order valence-corrected chi connectivity index (χ0v) is 11.0. The highest BCUT2D eigenvalue weighted by molar-refractivity contribution is 5.94. The molecule has 0 radical (unpaired) electrons. The molecule has 1 aromatic rings. The van der Waals surface area contributed by atoms with Gasteiger partial charge >= 0.3 is 5.97 Å². The maximum absolute atomic E-state index is 11.4. The van der Waals surface area contributed by atoms with E-state index in [4.69, 9.17) is 15.6 Å². The van der Waals surface area contributed by atoms with Gasteiger partial charge in [0.15, 0.2) is 0 Å². The summed E-state index contributed by atoms with van der Waals surface area (Å²) in [7, 11) is 0. The van der Waals surface area contributed by atoms with Crippen molar-refractivity contribution in [3.8, 4) is 5.75 Å². The Morgan fingerprint density at radius 2 is 2.11 bits per heavy atom. The zero-order valence-electron chi connectivity index (χ0n) is 11.0. The minimum Gasteiger partial charge on any atom is -0.493 e. The molecule has 0 saturated carbocycles. The van der Waals surface area contributed by atoms with Crippen LogP contribution in [-0.4, -0.2) is 29.6 Å². The van der Waals surface area contributed by atoms with E-state index in [1.807, 2.05) is 13.8 Å².